The van der Waals surface area contributed by atoms with E-state index in [0.29, 0.717) is 60.0 Å². The lowest BCUT2D eigenvalue weighted by Crippen LogP contribution is -2.50. The van der Waals surface area contributed by atoms with Gasteiger partial charge in [-0.05, 0) is 31.2 Å². The zero-order valence-corrected chi connectivity index (χ0v) is 19.7. The molecule has 4 rings (SSSR count). The third kappa shape index (κ3) is 5.38. The molecule has 1 amide bonds. The van der Waals surface area contributed by atoms with Crippen LogP contribution in [-0.4, -0.2) is 64.8 Å². The van der Waals surface area contributed by atoms with E-state index < -0.39 is 5.43 Å². The fourth-order valence-electron chi connectivity index (χ4n) is 3.73. The lowest BCUT2D eigenvalue weighted by molar-refractivity contribution is 0.0611. The molecule has 1 aliphatic heterocycles. The average Bonchev–Trinajstić information content (AvgIpc) is 2.81. The molecule has 0 bridgehead atoms. The van der Waals surface area contributed by atoms with E-state index >= 15 is 0 Å². The molecule has 0 atom stereocenters. The van der Waals surface area contributed by atoms with Crippen molar-refractivity contribution in [3.63, 3.8) is 0 Å². The summed E-state index contributed by atoms with van der Waals surface area (Å²) < 4.78 is 7.30. The molecule has 1 fully saturated rings. The maximum absolute atomic E-state index is 13.1. The van der Waals surface area contributed by atoms with Gasteiger partial charge < -0.3 is 9.64 Å². The first-order valence-corrected chi connectivity index (χ1v) is 11.4. The molecule has 0 saturated carbocycles. The molecule has 2 heterocycles. The number of rotatable bonds is 6. The molecule has 0 unspecified atom stereocenters. The molecule has 7 nitrogen and oxygen atoms in total. The van der Waals surface area contributed by atoms with Crippen LogP contribution in [0, 0.1) is 6.92 Å². The minimum absolute atomic E-state index is 0.101. The molecule has 1 saturated heterocycles. The fourth-order valence-corrected chi connectivity index (χ4v) is 4.14. The van der Waals surface area contributed by atoms with E-state index in [9.17, 15) is 9.59 Å². The van der Waals surface area contributed by atoms with Gasteiger partial charge in [0.15, 0.2) is 5.69 Å². The van der Waals surface area contributed by atoms with Gasteiger partial charge >= 0.3 is 0 Å². The van der Waals surface area contributed by atoms with Crippen LogP contribution >= 0.6 is 23.2 Å². The maximum Gasteiger partial charge on any atom is 0.278 e. The number of carbonyl (C=O) groups excluding carboxylic acids is 1. The van der Waals surface area contributed by atoms with Gasteiger partial charge in [-0.25, -0.2) is 4.68 Å². The normalized spacial score (nSPS) is 14.3. The average molecular weight is 487 g/mol. The predicted octanol–water partition coefficient (Wildman–Crippen LogP) is 3.68. The number of piperazine rings is 1. The van der Waals surface area contributed by atoms with Crippen molar-refractivity contribution in [1.82, 2.24) is 19.6 Å². The van der Waals surface area contributed by atoms with Crippen molar-refractivity contribution in [2.45, 2.75) is 6.92 Å². The van der Waals surface area contributed by atoms with Gasteiger partial charge in [0, 0.05) is 44.5 Å². The van der Waals surface area contributed by atoms with Crippen LogP contribution in [0.25, 0.3) is 5.69 Å². The first-order valence-electron chi connectivity index (χ1n) is 10.7. The Morgan fingerprint density at radius 1 is 1.00 bits per heavy atom. The molecule has 33 heavy (non-hydrogen) atoms. The Morgan fingerprint density at radius 3 is 2.36 bits per heavy atom. The number of halogens is 2. The van der Waals surface area contributed by atoms with Crippen LogP contribution in [0.2, 0.25) is 10.0 Å². The van der Waals surface area contributed by atoms with Crippen molar-refractivity contribution >= 4 is 29.1 Å². The van der Waals surface area contributed by atoms with Gasteiger partial charge in [-0.15, -0.1) is 0 Å². The van der Waals surface area contributed by atoms with E-state index in [1.807, 2.05) is 30.3 Å². The molecule has 3 aromatic rings. The Bertz CT molecular complexity index is 1210. The molecule has 0 radical (unpaired) electrons. The van der Waals surface area contributed by atoms with Gasteiger partial charge in [0.25, 0.3) is 5.91 Å². The summed E-state index contributed by atoms with van der Waals surface area (Å²) in [7, 11) is 0. The molecular formula is C24H24Cl2N4O3. The third-order valence-corrected chi connectivity index (χ3v) is 6.18. The Morgan fingerprint density at radius 2 is 1.67 bits per heavy atom. The molecule has 9 heteroatoms. The number of carbonyl (C=O) groups is 1. The zero-order chi connectivity index (χ0) is 23.4. The van der Waals surface area contributed by atoms with Crippen LogP contribution in [0.1, 0.15) is 16.2 Å². The SMILES string of the molecule is Cc1cc(=O)c(C(=O)N2CCN(CCOc3ccccc3Cl)CC2)nn1-c1ccccc1Cl. The highest BCUT2D eigenvalue weighted by Gasteiger charge is 2.26. The van der Waals surface area contributed by atoms with Crippen LogP contribution in [0.5, 0.6) is 5.75 Å². The second kappa shape index (κ2) is 10.4. The molecule has 0 spiro atoms. The van der Waals surface area contributed by atoms with Gasteiger partial charge in [0.2, 0.25) is 5.43 Å². The number of benzene rings is 2. The van der Waals surface area contributed by atoms with Crippen LogP contribution < -0.4 is 10.2 Å². The Hall–Kier alpha value is -2.87. The number of ether oxygens (including phenoxy) is 1. The molecule has 1 aliphatic rings. The lowest BCUT2D eigenvalue weighted by atomic mass is 10.2. The number of nitrogens with zero attached hydrogens (tertiary/aromatic N) is 4. The van der Waals surface area contributed by atoms with E-state index in [0.717, 1.165) is 6.54 Å². The summed E-state index contributed by atoms with van der Waals surface area (Å²) in [6.45, 7) is 5.35. The number of amides is 1. The topological polar surface area (TPSA) is 67.7 Å². The van der Waals surface area contributed by atoms with Gasteiger partial charge in [-0.3, -0.25) is 14.5 Å². The largest absolute Gasteiger partial charge is 0.491 e. The van der Waals surface area contributed by atoms with E-state index in [4.69, 9.17) is 27.9 Å². The number of hydrogen-bond acceptors (Lipinski definition) is 5. The smallest absolute Gasteiger partial charge is 0.278 e. The molecule has 0 N–H and O–H groups in total. The summed E-state index contributed by atoms with van der Waals surface area (Å²) in [5, 5.41) is 5.44. The van der Waals surface area contributed by atoms with Crippen molar-refractivity contribution in [2.75, 3.05) is 39.3 Å². The first-order chi connectivity index (χ1) is 15.9. The molecule has 172 valence electrons. The standard InChI is InChI=1S/C24H24Cl2N4O3/c1-17-16-21(31)23(27-30(17)20-8-4-2-6-18(20)25)24(32)29-12-10-28(11-13-29)14-15-33-22-9-5-3-7-19(22)26/h2-9,16H,10-15H2,1H3. The third-order valence-electron chi connectivity index (χ3n) is 5.55. The molecule has 0 aliphatic carbocycles. The maximum atomic E-state index is 13.1. The summed E-state index contributed by atoms with van der Waals surface area (Å²) >= 11 is 12.4. The van der Waals surface area contributed by atoms with Gasteiger partial charge in [0.1, 0.15) is 12.4 Å². The van der Waals surface area contributed by atoms with Crippen LogP contribution in [0.4, 0.5) is 0 Å². The molecule has 1 aromatic heterocycles. The van der Waals surface area contributed by atoms with Crippen molar-refractivity contribution in [1.29, 1.82) is 0 Å². The quantitative estimate of drug-likeness (QED) is 0.531. The summed E-state index contributed by atoms with van der Waals surface area (Å²) in [4.78, 5) is 29.6. The summed E-state index contributed by atoms with van der Waals surface area (Å²) in [6, 6.07) is 16.0. The summed E-state index contributed by atoms with van der Waals surface area (Å²) in [6.07, 6.45) is 0. The number of hydrogen-bond donors (Lipinski definition) is 0. The second-order valence-corrected chi connectivity index (χ2v) is 8.59. The summed E-state index contributed by atoms with van der Waals surface area (Å²) in [5.41, 5.74) is 0.731. The van der Waals surface area contributed by atoms with E-state index in [-0.39, 0.29) is 11.6 Å². The monoisotopic (exact) mass is 486 g/mol. The van der Waals surface area contributed by atoms with Crippen LogP contribution in [-0.2, 0) is 0 Å². The number of aromatic nitrogens is 2. The van der Waals surface area contributed by atoms with Crippen LogP contribution in [0.3, 0.4) is 0 Å². The Kier molecular flexibility index (Phi) is 7.33. The van der Waals surface area contributed by atoms with Gasteiger partial charge in [0.05, 0.1) is 15.7 Å². The minimum atomic E-state index is -0.392. The highest BCUT2D eigenvalue weighted by molar-refractivity contribution is 6.32. The van der Waals surface area contributed by atoms with Gasteiger partial charge in [-0.1, -0.05) is 47.5 Å². The van der Waals surface area contributed by atoms with Crippen molar-refractivity contribution in [3.8, 4) is 11.4 Å². The highest BCUT2D eigenvalue weighted by Crippen LogP contribution is 2.23. The zero-order valence-electron chi connectivity index (χ0n) is 18.2. The highest BCUT2D eigenvalue weighted by atomic mass is 35.5. The van der Waals surface area contributed by atoms with E-state index in [1.165, 1.54) is 6.07 Å². The lowest BCUT2D eigenvalue weighted by Gasteiger charge is -2.34. The van der Waals surface area contributed by atoms with Crippen molar-refractivity contribution < 1.29 is 9.53 Å². The Labute approximate surface area is 202 Å². The minimum Gasteiger partial charge on any atom is -0.491 e. The first kappa shape index (κ1) is 23.3. The second-order valence-electron chi connectivity index (χ2n) is 7.77. The van der Waals surface area contributed by atoms with E-state index in [2.05, 4.69) is 10.00 Å². The summed E-state index contributed by atoms with van der Waals surface area (Å²) in [5.74, 6) is 0.293. The van der Waals surface area contributed by atoms with E-state index in [1.54, 1.807) is 34.7 Å². The molecule has 2 aromatic carbocycles. The molecular weight excluding hydrogens is 463 g/mol. The predicted molar refractivity (Wildman–Crippen MR) is 129 cm³/mol. The van der Waals surface area contributed by atoms with Crippen LogP contribution in [0.15, 0.2) is 59.4 Å². The number of para-hydroxylation sites is 2. The van der Waals surface area contributed by atoms with Gasteiger partial charge in [-0.2, -0.15) is 5.10 Å². The number of aryl methyl sites for hydroxylation is 1. The van der Waals surface area contributed by atoms with Crippen molar-refractivity contribution in [2.24, 2.45) is 0 Å². The Balaban J connectivity index is 1.39. The fraction of sp³-hybridized carbons (Fsp3) is 0.292. The van der Waals surface area contributed by atoms with Crippen molar-refractivity contribution in [3.05, 3.63) is 86.3 Å².